The summed E-state index contributed by atoms with van der Waals surface area (Å²) >= 11 is 0. The second-order valence-corrected chi connectivity index (χ2v) is 6.99. The lowest BCUT2D eigenvalue weighted by Gasteiger charge is -2.36. The first-order chi connectivity index (χ1) is 11.7. The van der Waals surface area contributed by atoms with Crippen molar-refractivity contribution in [3.8, 4) is 5.75 Å². The van der Waals surface area contributed by atoms with Gasteiger partial charge in [0.25, 0.3) is 0 Å². The molecule has 128 valence electrons. The first kappa shape index (κ1) is 15.9. The summed E-state index contributed by atoms with van der Waals surface area (Å²) in [5.74, 6) is 0.236. The Labute approximate surface area is 141 Å². The minimum absolute atomic E-state index is 0.0218. The molecule has 3 aliphatic heterocycles. The Bertz CT molecular complexity index is 612. The van der Waals surface area contributed by atoms with E-state index in [1.54, 1.807) is 4.90 Å². The molecule has 3 aliphatic rings. The fraction of sp³-hybridized carbons (Fsp3) is 0.588. The first-order valence-electron chi connectivity index (χ1n) is 8.63. The summed E-state index contributed by atoms with van der Waals surface area (Å²) in [7, 11) is -1.58. The SMILES string of the molecule is O=CN([C@@H](C[C@H]1COc2ccccc21)B(O)O)[C@H]1C[C@H]2CC[C@@H]1O2. The van der Waals surface area contributed by atoms with Gasteiger partial charge in [0.2, 0.25) is 6.41 Å². The maximum Gasteiger partial charge on any atom is 0.475 e. The zero-order chi connectivity index (χ0) is 16.7. The third-order valence-electron chi connectivity index (χ3n) is 5.63. The summed E-state index contributed by atoms with van der Waals surface area (Å²) in [5, 5.41) is 19.9. The van der Waals surface area contributed by atoms with Crippen LogP contribution in [0, 0.1) is 0 Å². The van der Waals surface area contributed by atoms with Crippen molar-refractivity contribution in [3.05, 3.63) is 29.8 Å². The van der Waals surface area contributed by atoms with Crippen molar-refractivity contribution in [2.24, 2.45) is 0 Å². The molecule has 2 N–H and O–H groups in total. The van der Waals surface area contributed by atoms with Crippen LogP contribution in [0.2, 0.25) is 0 Å². The van der Waals surface area contributed by atoms with Gasteiger partial charge in [-0.25, -0.2) is 0 Å². The third kappa shape index (κ3) is 2.70. The van der Waals surface area contributed by atoms with Crippen molar-refractivity contribution in [3.63, 3.8) is 0 Å². The zero-order valence-electron chi connectivity index (χ0n) is 13.5. The Morgan fingerprint density at radius 3 is 2.83 bits per heavy atom. The van der Waals surface area contributed by atoms with E-state index in [1.807, 2.05) is 24.3 Å². The Kier molecular flexibility index (Phi) is 4.24. The van der Waals surface area contributed by atoms with Gasteiger partial charge in [0, 0.05) is 11.5 Å². The molecule has 1 aromatic carbocycles. The molecule has 0 spiro atoms. The van der Waals surface area contributed by atoms with Crippen LogP contribution in [0.15, 0.2) is 24.3 Å². The molecule has 6 nitrogen and oxygen atoms in total. The Hall–Kier alpha value is -1.57. The van der Waals surface area contributed by atoms with Gasteiger partial charge >= 0.3 is 7.12 Å². The number of carbonyl (C=O) groups excluding carboxylic acids is 1. The van der Waals surface area contributed by atoms with Crippen LogP contribution in [0.1, 0.15) is 37.2 Å². The van der Waals surface area contributed by atoms with Crippen molar-refractivity contribution in [2.45, 2.75) is 55.8 Å². The van der Waals surface area contributed by atoms with Gasteiger partial charge in [-0.3, -0.25) is 4.79 Å². The number of hydrogen-bond acceptors (Lipinski definition) is 5. The summed E-state index contributed by atoms with van der Waals surface area (Å²) in [6, 6.07) is 7.72. The standard InChI is InChI=1S/C17H22BNO5/c20-10-19(14-8-12-5-6-16(14)24-12)17(18(21)22)7-11-9-23-15-4-2-1-3-13(11)15/h1-4,10-12,14,16-17,21-22H,5-9H2/t11-,12+,14-,16-,17-/m0/s1. The van der Waals surface area contributed by atoms with Crippen molar-refractivity contribution in [2.75, 3.05) is 6.61 Å². The smallest absolute Gasteiger partial charge is 0.475 e. The molecule has 0 unspecified atom stereocenters. The second-order valence-electron chi connectivity index (χ2n) is 6.99. The largest absolute Gasteiger partial charge is 0.493 e. The number of carbonyl (C=O) groups is 1. The fourth-order valence-corrected chi connectivity index (χ4v) is 4.44. The van der Waals surface area contributed by atoms with Crippen LogP contribution >= 0.6 is 0 Å². The molecule has 7 heteroatoms. The maximum absolute atomic E-state index is 11.8. The highest BCUT2D eigenvalue weighted by Gasteiger charge is 2.47. The predicted molar refractivity (Wildman–Crippen MR) is 87.5 cm³/mol. The molecule has 4 rings (SSSR count). The predicted octanol–water partition coefficient (Wildman–Crippen LogP) is 0.712. The lowest BCUT2D eigenvalue weighted by molar-refractivity contribution is -0.123. The van der Waals surface area contributed by atoms with Gasteiger partial charge in [0.15, 0.2) is 0 Å². The van der Waals surface area contributed by atoms with E-state index < -0.39 is 13.1 Å². The highest BCUT2D eigenvalue weighted by Crippen LogP contribution is 2.40. The van der Waals surface area contributed by atoms with E-state index in [-0.39, 0.29) is 24.2 Å². The molecule has 0 radical (unpaired) electrons. The van der Waals surface area contributed by atoms with E-state index in [0.717, 1.165) is 37.0 Å². The highest BCUT2D eigenvalue weighted by atomic mass is 16.5. The molecule has 2 saturated heterocycles. The average Bonchev–Trinajstić information content (AvgIpc) is 3.30. The first-order valence-corrected chi connectivity index (χ1v) is 8.63. The summed E-state index contributed by atoms with van der Waals surface area (Å²) in [6.45, 7) is 0.502. The van der Waals surface area contributed by atoms with Crippen molar-refractivity contribution in [1.82, 2.24) is 4.90 Å². The average molecular weight is 331 g/mol. The molecular weight excluding hydrogens is 309 g/mol. The maximum atomic E-state index is 11.8. The monoisotopic (exact) mass is 331 g/mol. The van der Waals surface area contributed by atoms with E-state index >= 15 is 0 Å². The van der Waals surface area contributed by atoms with Gasteiger partial charge in [-0.05, 0) is 31.7 Å². The molecule has 0 saturated carbocycles. The molecule has 1 amide bonds. The van der Waals surface area contributed by atoms with Gasteiger partial charge in [-0.2, -0.15) is 0 Å². The van der Waals surface area contributed by atoms with Crippen LogP contribution in [-0.4, -0.2) is 59.3 Å². The summed E-state index contributed by atoms with van der Waals surface area (Å²) in [4.78, 5) is 13.3. The van der Waals surface area contributed by atoms with Crippen LogP contribution < -0.4 is 4.74 Å². The van der Waals surface area contributed by atoms with Crippen LogP contribution in [0.3, 0.4) is 0 Å². The quantitative estimate of drug-likeness (QED) is 0.593. The van der Waals surface area contributed by atoms with E-state index in [4.69, 9.17) is 9.47 Å². The van der Waals surface area contributed by atoms with Gasteiger partial charge < -0.3 is 24.4 Å². The third-order valence-corrected chi connectivity index (χ3v) is 5.63. The summed E-state index contributed by atoms with van der Waals surface area (Å²) < 4.78 is 11.5. The van der Waals surface area contributed by atoms with E-state index in [1.165, 1.54) is 0 Å². The summed E-state index contributed by atoms with van der Waals surface area (Å²) in [5.41, 5.74) is 1.07. The van der Waals surface area contributed by atoms with E-state index in [0.29, 0.717) is 13.0 Å². The van der Waals surface area contributed by atoms with Crippen LogP contribution in [0.25, 0.3) is 0 Å². The number of para-hydroxylation sites is 1. The molecule has 3 heterocycles. The zero-order valence-corrected chi connectivity index (χ0v) is 13.5. The number of fused-ring (bicyclic) bond motifs is 3. The molecule has 1 aromatic rings. The van der Waals surface area contributed by atoms with Crippen LogP contribution in [0.4, 0.5) is 0 Å². The Morgan fingerprint density at radius 1 is 1.33 bits per heavy atom. The minimum Gasteiger partial charge on any atom is -0.493 e. The van der Waals surface area contributed by atoms with Gasteiger partial charge in [-0.1, -0.05) is 18.2 Å². The van der Waals surface area contributed by atoms with Crippen LogP contribution in [-0.2, 0) is 9.53 Å². The minimum atomic E-state index is -1.58. The number of hydrogen-bond donors (Lipinski definition) is 2. The molecule has 24 heavy (non-hydrogen) atoms. The van der Waals surface area contributed by atoms with Crippen molar-refractivity contribution >= 4 is 13.5 Å². The number of amides is 1. The Morgan fingerprint density at radius 2 is 2.17 bits per heavy atom. The number of benzene rings is 1. The molecule has 0 aromatic heterocycles. The fourth-order valence-electron chi connectivity index (χ4n) is 4.44. The lowest BCUT2D eigenvalue weighted by Crippen LogP contribution is -2.54. The van der Waals surface area contributed by atoms with Crippen LogP contribution in [0.5, 0.6) is 5.75 Å². The van der Waals surface area contributed by atoms with Crippen molar-refractivity contribution in [1.29, 1.82) is 0 Å². The molecule has 2 bridgehead atoms. The number of ether oxygens (including phenoxy) is 2. The molecular formula is C17H22BNO5. The van der Waals surface area contributed by atoms with Gasteiger partial charge in [-0.15, -0.1) is 0 Å². The normalized spacial score (nSPS) is 31.4. The second kappa shape index (κ2) is 6.39. The lowest BCUT2D eigenvalue weighted by atomic mass is 9.71. The Balaban J connectivity index is 1.53. The summed E-state index contributed by atoms with van der Waals surface area (Å²) in [6.07, 6.45) is 4.18. The highest BCUT2D eigenvalue weighted by molar-refractivity contribution is 6.43. The van der Waals surface area contributed by atoms with Gasteiger partial charge in [0.05, 0.1) is 30.8 Å². The van der Waals surface area contributed by atoms with Gasteiger partial charge in [0.1, 0.15) is 5.75 Å². The number of rotatable bonds is 6. The molecule has 5 atom stereocenters. The topological polar surface area (TPSA) is 79.2 Å². The van der Waals surface area contributed by atoms with Crippen molar-refractivity contribution < 1.29 is 24.3 Å². The number of nitrogens with zero attached hydrogens (tertiary/aromatic N) is 1. The molecule has 2 fully saturated rings. The van der Waals surface area contributed by atoms with E-state index in [9.17, 15) is 14.8 Å². The molecule has 0 aliphatic carbocycles. The van der Waals surface area contributed by atoms with E-state index in [2.05, 4.69) is 0 Å².